The average molecular weight is 464 g/mol. The second-order valence-electron chi connectivity index (χ2n) is 7.34. The largest absolute Gasteiger partial charge is 0.462 e. The standard InChI is InChI=1S/C20H19BrFN3O4/c21-11-3-4-14(13(22)7-11)24-15-8-16(26)25-6-5-12(19(23)27)18(25)17(15)20(28)29-9-10-1-2-10/h3-4,7-8,10,12,24H,1-2,5-6,9H2,(H2,23,27). The van der Waals surface area contributed by atoms with Crippen molar-refractivity contribution in [1.82, 2.24) is 4.57 Å². The summed E-state index contributed by atoms with van der Waals surface area (Å²) >= 11 is 3.19. The fourth-order valence-electron chi connectivity index (χ4n) is 3.53. The van der Waals surface area contributed by atoms with Gasteiger partial charge in [0.25, 0.3) is 5.56 Å². The molecule has 1 amide bonds. The monoisotopic (exact) mass is 463 g/mol. The van der Waals surface area contributed by atoms with Crippen LogP contribution in [-0.2, 0) is 16.1 Å². The van der Waals surface area contributed by atoms with Crippen molar-refractivity contribution < 1.29 is 18.7 Å². The molecule has 9 heteroatoms. The van der Waals surface area contributed by atoms with Crippen molar-refractivity contribution in [3.8, 4) is 0 Å². The Bertz CT molecular complexity index is 1060. The van der Waals surface area contributed by atoms with Crippen LogP contribution in [0.15, 0.2) is 33.5 Å². The number of nitrogens with two attached hydrogens (primary N) is 1. The summed E-state index contributed by atoms with van der Waals surface area (Å²) in [5.74, 6) is -2.30. The van der Waals surface area contributed by atoms with E-state index >= 15 is 0 Å². The Morgan fingerprint density at radius 3 is 2.66 bits per heavy atom. The number of hydrogen-bond donors (Lipinski definition) is 2. The minimum Gasteiger partial charge on any atom is -0.462 e. The van der Waals surface area contributed by atoms with E-state index in [0.717, 1.165) is 12.8 Å². The van der Waals surface area contributed by atoms with Crippen LogP contribution >= 0.6 is 15.9 Å². The van der Waals surface area contributed by atoms with E-state index in [0.29, 0.717) is 16.8 Å². The maximum Gasteiger partial charge on any atom is 0.342 e. The van der Waals surface area contributed by atoms with Crippen molar-refractivity contribution in [2.24, 2.45) is 11.7 Å². The number of primary amides is 1. The Morgan fingerprint density at radius 1 is 1.24 bits per heavy atom. The molecule has 1 aliphatic carbocycles. The maximum atomic E-state index is 14.3. The summed E-state index contributed by atoms with van der Waals surface area (Å²) in [5, 5.41) is 2.82. The van der Waals surface area contributed by atoms with Crippen LogP contribution in [0.2, 0.25) is 0 Å². The van der Waals surface area contributed by atoms with E-state index in [9.17, 15) is 18.8 Å². The third kappa shape index (κ3) is 3.91. The molecule has 2 heterocycles. The summed E-state index contributed by atoms with van der Waals surface area (Å²) in [6.07, 6.45) is 2.32. The first-order valence-electron chi connectivity index (χ1n) is 9.31. The lowest BCUT2D eigenvalue weighted by Gasteiger charge is -2.18. The molecule has 3 N–H and O–H groups in total. The number of ether oxygens (including phenoxy) is 1. The molecule has 1 unspecified atom stereocenters. The normalized spacial score (nSPS) is 17.7. The first-order chi connectivity index (χ1) is 13.8. The molecule has 1 atom stereocenters. The molecule has 29 heavy (non-hydrogen) atoms. The number of fused-ring (bicyclic) bond motifs is 1. The van der Waals surface area contributed by atoms with Crippen LogP contribution in [0.4, 0.5) is 15.8 Å². The molecule has 7 nitrogen and oxygen atoms in total. The van der Waals surface area contributed by atoms with Gasteiger partial charge in [-0.15, -0.1) is 0 Å². The van der Waals surface area contributed by atoms with E-state index in [-0.39, 0.29) is 35.8 Å². The number of benzene rings is 1. The molecule has 4 rings (SSSR count). The number of nitrogens with one attached hydrogen (secondary N) is 1. The van der Waals surface area contributed by atoms with Crippen LogP contribution in [0.5, 0.6) is 0 Å². The van der Waals surface area contributed by atoms with Crippen LogP contribution in [-0.4, -0.2) is 23.1 Å². The second-order valence-corrected chi connectivity index (χ2v) is 8.26. The molecule has 1 aliphatic heterocycles. The quantitative estimate of drug-likeness (QED) is 0.640. The van der Waals surface area contributed by atoms with Gasteiger partial charge in [-0.2, -0.15) is 0 Å². The number of carbonyl (C=O) groups excluding carboxylic acids is 2. The highest BCUT2D eigenvalue weighted by atomic mass is 79.9. The molecule has 0 radical (unpaired) electrons. The van der Waals surface area contributed by atoms with Gasteiger partial charge in [-0.1, -0.05) is 15.9 Å². The van der Waals surface area contributed by atoms with Gasteiger partial charge in [0.1, 0.15) is 11.4 Å². The van der Waals surface area contributed by atoms with Gasteiger partial charge in [0.15, 0.2) is 0 Å². The van der Waals surface area contributed by atoms with Crippen molar-refractivity contribution in [3.05, 3.63) is 56.2 Å². The first kappa shape index (κ1) is 19.6. The molecule has 152 valence electrons. The molecular weight excluding hydrogens is 445 g/mol. The number of halogens is 2. The van der Waals surface area contributed by atoms with Crippen LogP contribution in [0.3, 0.4) is 0 Å². The molecule has 1 aromatic heterocycles. The lowest BCUT2D eigenvalue weighted by Crippen LogP contribution is -2.28. The molecule has 0 saturated heterocycles. The zero-order chi connectivity index (χ0) is 20.7. The van der Waals surface area contributed by atoms with Crippen molar-refractivity contribution in [2.75, 3.05) is 11.9 Å². The number of carbonyl (C=O) groups is 2. The Kier molecular flexibility index (Phi) is 5.16. The third-order valence-corrected chi connectivity index (χ3v) is 5.71. The Hall–Kier alpha value is -2.68. The number of rotatable bonds is 6. The summed E-state index contributed by atoms with van der Waals surface area (Å²) in [6.45, 7) is 0.544. The number of esters is 1. The number of aromatic nitrogens is 1. The highest BCUT2D eigenvalue weighted by Gasteiger charge is 2.36. The van der Waals surface area contributed by atoms with Gasteiger partial charge in [-0.25, -0.2) is 9.18 Å². The van der Waals surface area contributed by atoms with Crippen molar-refractivity contribution in [2.45, 2.75) is 31.7 Å². The third-order valence-electron chi connectivity index (χ3n) is 5.22. The lowest BCUT2D eigenvalue weighted by molar-refractivity contribution is -0.119. The average Bonchev–Trinajstić information content (AvgIpc) is 3.38. The van der Waals surface area contributed by atoms with E-state index in [4.69, 9.17) is 10.5 Å². The minimum atomic E-state index is -0.789. The van der Waals surface area contributed by atoms with E-state index in [1.165, 1.54) is 22.8 Å². The zero-order valence-electron chi connectivity index (χ0n) is 15.4. The van der Waals surface area contributed by atoms with E-state index in [1.807, 2.05) is 0 Å². The molecular formula is C20H19BrFN3O4. The van der Waals surface area contributed by atoms with Gasteiger partial charge in [0.2, 0.25) is 5.91 Å². The second kappa shape index (κ2) is 7.62. The van der Waals surface area contributed by atoms with Gasteiger partial charge in [0.05, 0.1) is 29.6 Å². The summed E-state index contributed by atoms with van der Waals surface area (Å²) in [4.78, 5) is 37.5. The number of hydrogen-bond acceptors (Lipinski definition) is 5. The fraction of sp³-hybridized carbons (Fsp3) is 0.350. The fourth-order valence-corrected chi connectivity index (χ4v) is 3.86. The molecule has 2 aromatic rings. The van der Waals surface area contributed by atoms with Gasteiger partial charge in [-0.3, -0.25) is 9.59 Å². The Labute approximate surface area is 174 Å². The highest BCUT2D eigenvalue weighted by Crippen LogP contribution is 2.36. The predicted octanol–water partition coefficient (Wildman–Crippen LogP) is 3.03. The Morgan fingerprint density at radius 2 is 2.00 bits per heavy atom. The molecule has 2 aliphatic rings. The van der Waals surface area contributed by atoms with Crippen LogP contribution in [0, 0.1) is 11.7 Å². The van der Waals surface area contributed by atoms with Gasteiger partial charge >= 0.3 is 5.97 Å². The summed E-state index contributed by atoms with van der Waals surface area (Å²) in [6, 6.07) is 5.60. The van der Waals surface area contributed by atoms with Gasteiger partial charge in [0, 0.05) is 17.1 Å². The highest BCUT2D eigenvalue weighted by molar-refractivity contribution is 9.10. The van der Waals surface area contributed by atoms with E-state index in [1.54, 1.807) is 6.07 Å². The summed E-state index contributed by atoms with van der Waals surface area (Å²) < 4.78 is 21.7. The molecule has 0 spiro atoms. The lowest BCUT2D eigenvalue weighted by atomic mass is 9.98. The number of nitrogens with zero attached hydrogens (tertiary/aromatic N) is 1. The SMILES string of the molecule is NC(=O)C1CCn2c1c(C(=O)OCC1CC1)c(Nc1ccc(Br)cc1F)cc2=O. The molecule has 1 saturated carbocycles. The van der Waals surface area contributed by atoms with Crippen LogP contribution in [0.1, 0.15) is 41.2 Å². The topological polar surface area (TPSA) is 103 Å². The van der Waals surface area contributed by atoms with Crippen LogP contribution in [0.25, 0.3) is 0 Å². The van der Waals surface area contributed by atoms with Gasteiger partial charge < -0.3 is 20.4 Å². The van der Waals surface area contributed by atoms with E-state index in [2.05, 4.69) is 21.2 Å². The smallest absolute Gasteiger partial charge is 0.342 e. The Balaban J connectivity index is 1.81. The van der Waals surface area contributed by atoms with Gasteiger partial charge in [-0.05, 0) is 43.4 Å². The molecule has 1 fully saturated rings. The van der Waals surface area contributed by atoms with Crippen LogP contribution < -0.4 is 16.6 Å². The minimum absolute atomic E-state index is 0.0499. The molecule has 1 aromatic carbocycles. The number of anilines is 2. The molecule has 0 bridgehead atoms. The van der Waals surface area contributed by atoms with E-state index < -0.39 is 29.2 Å². The number of amides is 1. The van der Waals surface area contributed by atoms with Crippen molar-refractivity contribution in [1.29, 1.82) is 0 Å². The maximum absolute atomic E-state index is 14.3. The zero-order valence-corrected chi connectivity index (χ0v) is 17.0. The van der Waals surface area contributed by atoms with Crippen molar-refractivity contribution >= 4 is 39.2 Å². The number of pyridine rings is 1. The van der Waals surface area contributed by atoms with Crippen molar-refractivity contribution in [3.63, 3.8) is 0 Å². The first-order valence-corrected chi connectivity index (χ1v) is 10.1. The summed E-state index contributed by atoms with van der Waals surface area (Å²) in [7, 11) is 0. The predicted molar refractivity (Wildman–Crippen MR) is 108 cm³/mol. The summed E-state index contributed by atoms with van der Waals surface area (Å²) in [5.41, 5.74) is 5.57.